The molecule has 2 aromatic rings. The highest BCUT2D eigenvalue weighted by Gasteiger charge is 2.28. The Morgan fingerprint density at radius 1 is 1.25 bits per heavy atom. The monoisotopic (exact) mass is 426 g/mol. The largest absolute Gasteiger partial charge is 0.467 e. The molecule has 0 fully saturated rings. The molecular formula is C18H19ClN2O6S. The maximum absolute atomic E-state index is 13.1. The maximum atomic E-state index is 13.1. The standard InChI is InChI=1S/C18H19ClN2O6S/c1-2-7-20(28(24,25)17-5-3-15(19)4-6-17)10-13-8-16(21(22)23)9-14-11-26-12-27-18(13)14/h3-6,8-9H,2,7,10-12H2,1H3. The number of hydrogen-bond donors (Lipinski definition) is 0. The van der Waals surface area contributed by atoms with Crippen LogP contribution in [0.1, 0.15) is 24.5 Å². The molecule has 3 rings (SSSR count). The lowest BCUT2D eigenvalue weighted by Crippen LogP contribution is -2.32. The van der Waals surface area contributed by atoms with Gasteiger partial charge in [-0.25, -0.2) is 8.42 Å². The van der Waals surface area contributed by atoms with E-state index in [1.165, 1.54) is 40.7 Å². The second-order valence-electron chi connectivity index (χ2n) is 6.25. The normalized spacial score (nSPS) is 13.8. The predicted molar refractivity (Wildman–Crippen MR) is 103 cm³/mol. The van der Waals surface area contributed by atoms with Gasteiger partial charge in [-0.3, -0.25) is 10.1 Å². The smallest absolute Gasteiger partial charge is 0.270 e. The summed E-state index contributed by atoms with van der Waals surface area (Å²) in [4.78, 5) is 10.9. The van der Waals surface area contributed by atoms with Crippen LogP contribution in [0.2, 0.25) is 5.02 Å². The molecule has 1 aliphatic heterocycles. The maximum Gasteiger partial charge on any atom is 0.270 e. The first-order valence-electron chi connectivity index (χ1n) is 8.59. The number of halogens is 1. The number of nitro benzene ring substituents is 1. The van der Waals surface area contributed by atoms with Gasteiger partial charge in [0.05, 0.1) is 16.4 Å². The lowest BCUT2D eigenvalue weighted by Gasteiger charge is -2.25. The van der Waals surface area contributed by atoms with Crippen molar-refractivity contribution in [1.82, 2.24) is 4.31 Å². The zero-order valence-corrected chi connectivity index (χ0v) is 16.7. The van der Waals surface area contributed by atoms with Crippen molar-refractivity contribution in [3.63, 3.8) is 0 Å². The van der Waals surface area contributed by atoms with Gasteiger partial charge in [0.1, 0.15) is 5.75 Å². The summed E-state index contributed by atoms with van der Waals surface area (Å²) >= 11 is 5.86. The van der Waals surface area contributed by atoms with Crippen LogP contribution in [0.3, 0.4) is 0 Å². The van der Waals surface area contributed by atoms with Crippen LogP contribution < -0.4 is 4.74 Å². The lowest BCUT2D eigenvalue weighted by atomic mass is 10.1. The van der Waals surface area contributed by atoms with Crippen LogP contribution in [-0.4, -0.2) is 31.0 Å². The Kier molecular flexibility index (Phi) is 6.19. The third kappa shape index (κ3) is 4.27. The Bertz CT molecular complexity index is 978. The average molecular weight is 427 g/mol. The van der Waals surface area contributed by atoms with Crippen LogP contribution in [0.25, 0.3) is 0 Å². The van der Waals surface area contributed by atoms with E-state index in [0.717, 1.165) is 0 Å². The molecule has 0 aliphatic carbocycles. The van der Waals surface area contributed by atoms with E-state index in [1.807, 2.05) is 6.92 Å². The van der Waals surface area contributed by atoms with Crippen LogP contribution in [-0.2, 0) is 27.9 Å². The van der Waals surface area contributed by atoms with E-state index in [4.69, 9.17) is 21.1 Å². The average Bonchev–Trinajstić information content (AvgIpc) is 2.67. The first-order valence-corrected chi connectivity index (χ1v) is 10.4. The molecule has 0 N–H and O–H groups in total. The molecule has 1 heterocycles. The van der Waals surface area contributed by atoms with Crippen LogP contribution >= 0.6 is 11.6 Å². The summed E-state index contributed by atoms with van der Waals surface area (Å²) in [5.74, 6) is 0.434. The van der Waals surface area contributed by atoms with Crippen LogP contribution in [0.5, 0.6) is 5.75 Å². The molecule has 0 aromatic heterocycles. The van der Waals surface area contributed by atoms with Crippen molar-refractivity contribution >= 4 is 27.3 Å². The Morgan fingerprint density at radius 3 is 2.61 bits per heavy atom. The van der Waals surface area contributed by atoms with Crippen LogP contribution in [0.15, 0.2) is 41.3 Å². The van der Waals surface area contributed by atoms with E-state index in [-0.39, 0.29) is 37.1 Å². The fraction of sp³-hybridized carbons (Fsp3) is 0.333. The topological polar surface area (TPSA) is 99.0 Å². The second-order valence-corrected chi connectivity index (χ2v) is 8.63. The van der Waals surface area contributed by atoms with E-state index >= 15 is 0 Å². The molecule has 0 bridgehead atoms. The number of rotatable bonds is 7. The fourth-order valence-electron chi connectivity index (χ4n) is 2.98. The van der Waals surface area contributed by atoms with Crippen molar-refractivity contribution in [3.05, 3.63) is 62.7 Å². The summed E-state index contributed by atoms with van der Waals surface area (Å²) in [5.41, 5.74) is 0.817. The summed E-state index contributed by atoms with van der Waals surface area (Å²) in [6.45, 7) is 2.23. The Balaban J connectivity index is 2.02. The van der Waals surface area contributed by atoms with E-state index in [2.05, 4.69) is 0 Å². The van der Waals surface area contributed by atoms with Crippen LogP contribution in [0, 0.1) is 10.1 Å². The highest BCUT2D eigenvalue weighted by atomic mass is 35.5. The van der Waals surface area contributed by atoms with Gasteiger partial charge in [-0.05, 0) is 30.7 Å². The molecule has 0 atom stereocenters. The molecule has 0 spiro atoms. The van der Waals surface area contributed by atoms with Crippen molar-refractivity contribution in [3.8, 4) is 5.75 Å². The van der Waals surface area contributed by atoms with E-state index < -0.39 is 14.9 Å². The number of benzene rings is 2. The van der Waals surface area contributed by atoms with Gasteiger partial charge in [0, 0.05) is 41.4 Å². The SMILES string of the molecule is CCCN(Cc1cc([N+](=O)[O-])cc2c1OCOC2)S(=O)(=O)c1ccc(Cl)cc1. The zero-order valence-electron chi connectivity index (χ0n) is 15.1. The lowest BCUT2D eigenvalue weighted by molar-refractivity contribution is -0.385. The van der Waals surface area contributed by atoms with E-state index in [1.54, 1.807) is 0 Å². The number of ether oxygens (including phenoxy) is 2. The molecule has 10 heteroatoms. The van der Waals surface area contributed by atoms with Crippen molar-refractivity contribution in [2.24, 2.45) is 0 Å². The first-order chi connectivity index (χ1) is 13.3. The van der Waals surface area contributed by atoms with Gasteiger partial charge in [0.15, 0.2) is 6.79 Å². The fourth-order valence-corrected chi connectivity index (χ4v) is 4.62. The summed E-state index contributed by atoms with van der Waals surface area (Å²) in [6, 6.07) is 8.63. The quantitative estimate of drug-likeness (QED) is 0.494. The number of hydrogen-bond acceptors (Lipinski definition) is 6. The molecule has 0 saturated heterocycles. The molecule has 8 nitrogen and oxygen atoms in total. The highest BCUT2D eigenvalue weighted by molar-refractivity contribution is 7.89. The van der Waals surface area contributed by atoms with Gasteiger partial charge in [-0.2, -0.15) is 4.31 Å². The van der Waals surface area contributed by atoms with Crippen molar-refractivity contribution in [2.75, 3.05) is 13.3 Å². The van der Waals surface area contributed by atoms with Gasteiger partial charge in [-0.1, -0.05) is 18.5 Å². The predicted octanol–water partition coefficient (Wildman–Crippen LogP) is 3.72. The number of nitrogens with zero attached hydrogens (tertiary/aromatic N) is 2. The number of non-ortho nitro benzene ring substituents is 1. The Labute approximate surface area is 167 Å². The van der Waals surface area contributed by atoms with E-state index in [0.29, 0.717) is 28.3 Å². The van der Waals surface area contributed by atoms with E-state index in [9.17, 15) is 18.5 Å². The van der Waals surface area contributed by atoms with Crippen molar-refractivity contribution in [1.29, 1.82) is 0 Å². The molecule has 1 aliphatic rings. The zero-order chi connectivity index (χ0) is 20.3. The molecule has 28 heavy (non-hydrogen) atoms. The van der Waals surface area contributed by atoms with Gasteiger partial charge in [-0.15, -0.1) is 0 Å². The second kappa shape index (κ2) is 8.44. The number of sulfonamides is 1. The van der Waals surface area contributed by atoms with Gasteiger partial charge < -0.3 is 9.47 Å². The van der Waals surface area contributed by atoms with Crippen molar-refractivity contribution < 1.29 is 22.8 Å². The Morgan fingerprint density at radius 2 is 1.96 bits per heavy atom. The third-order valence-corrected chi connectivity index (χ3v) is 6.37. The van der Waals surface area contributed by atoms with Crippen LogP contribution in [0.4, 0.5) is 5.69 Å². The van der Waals surface area contributed by atoms with Gasteiger partial charge in [0.2, 0.25) is 10.0 Å². The van der Waals surface area contributed by atoms with Crippen molar-refractivity contribution in [2.45, 2.75) is 31.4 Å². The van der Waals surface area contributed by atoms with Gasteiger partial charge in [0.25, 0.3) is 5.69 Å². The summed E-state index contributed by atoms with van der Waals surface area (Å²) in [5, 5.41) is 11.7. The molecule has 0 amide bonds. The minimum Gasteiger partial charge on any atom is -0.467 e. The summed E-state index contributed by atoms with van der Waals surface area (Å²) in [6.07, 6.45) is 0.577. The third-order valence-electron chi connectivity index (χ3n) is 4.25. The molecule has 150 valence electrons. The minimum atomic E-state index is -3.82. The minimum absolute atomic E-state index is 0.00945. The Hall–Kier alpha value is -2.20. The molecule has 2 aromatic carbocycles. The highest BCUT2D eigenvalue weighted by Crippen LogP contribution is 2.34. The molecule has 0 unspecified atom stereocenters. The molecular weight excluding hydrogens is 408 g/mol. The molecule has 0 saturated carbocycles. The summed E-state index contributed by atoms with van der Waals surface area (Å²) < 4.78 is 38.2. The van der Waals surface area contributed by atoms with Gasteiger partial charge >= 0.3 is 0 Å². The first kappa shape index (κ1) is 20.5. The summed E-state index contributed by atoms with van der Waals surface area (Å²) in [7, 11) is -3.82. The molecule has 0 radical (unpaired) electrons. The number of nitro groups is 1. The number of fused-ring (bicyclic) bond motifs is 1.